The Labute approximate surface area is 203 Å². The van der Waals surface area contributed by atoms with Crippen molar-refractivity contribution in [2.24, 2.45) is 0 Å². The lowest BCUT2D eigenvalue weighted by Gasteiger charge is -2.37. The lowest BCUT2D eigenvalue weighted by atomic mass is 9.77. The summed E-state index contributed by atoms with van der Waals surface area (Å²) in [4.78, 5) is 29.4. The van der Waals surface area contributed by atoms with Gasteiger partial charge < -0.3 is 31.7 Å². The normalized spacial score (nSPS) is 14.1. The predicted molar refractivity (Wildman–Crippen MR) is 124 cm³/mol. The van der Waals surface area contributed by atoms with Gasteiger partial charge in [-0.15, -0.1) is 0 Å². The van der Waals surface area contributed by atoms with Crippen molar-refractivity contribution < 1.29 is 37.3 Å². The number of carbonyl (C=O) groups excluding carboxylic acids is 2. The van der Waals surface area contributed by atoms with Crippen molar-refractivity contribution >= 4 is 23.3 Å². The van der Waals surface area contributed by atoms with Gasteiger partial charge in [-0.2, -0.15) is 0 Å². The van der Waals surface area contributed by atoms with Gasteiger partial charge in [-0.05, 0) is 42.5 Å². The number of amides is 1. The Balaban J connectivity index is 0.00000274. The van der Waals surface area contributed by atoms with Gasteiger partial charge in [-0.25, -0.2) is 10.2 Å². The molecule has 5 rings (SSSR count). The molecule has 0 saturated heterocycles. The first kappa shape index (κ1) is 23.4. The lowest BCUT2D eigenvalue weighted by molar-refractivity contribution is -0.422. The van der Waals surface area contributed by atoms with E-state index >= 15 is 0 Å². The summed E-state index contributed by atoms with van der Waals surface area (Å²) in [6.07, 6.45) is 0. The van der Waals surface area contributed by atoms with Crippen molar-refractivity contribution in [3.8, 4) is 11.5 Å². The maximum absolute atomic E-state index is 13.1. The minimum absolute atomic E-state index is 0. The molecular weight excluding hydrogens is 456 g/mol. The number of fused-ring (bicyclic) bond motifs is 6. The van der Waals surface area contributed by atoms with E-state index in [1.807, 2.05) is 74.4 Å². The molecule has 0 atom stereocenters. The first-order valence-corrected chi connectivity index (χ1v) is 10.5. The van der Waals surface area contributed by atoms with Crippen LogP contribution in [-0.4, -0.2) is 40.1 Å². The Hall–Kier alpha value is -3.75. The van der Waals surface area contributed by atoms with E-state index in [2.05, 4.69) is 11.3 Å². The van der Waals surface area contributed by atoms with E-state index in [0.717, 1.165) is 11.4 Å². The SMILES string of the molecule is CN(C)c1ccc2c(c1)Oc1cc(N(C)C)ccc1C21OC(=O)c2ccc(C(=O)N[NH3+])cc21.[Cl-]. The average molecular weight is 481 g/mol. The van der Waals surface area contributed by atoms with E-state index in [1.165, 1.54) is 0 Å². The largest absolute Gasteiger partial charge is 1.00 e. The summed E-state index contributed by atoms with van der Waals surface area (Å²) >= 11 is 0. The van der Waals surface area contributed by atoms with Crippen LogP contribution in [0.4, 0.5) is 11.4 Å². The molecule has 0 aromatic heterocycles. The molecule has 0 fully saturated rings. The molecule has 34 heavy (non-hydrogen) atoms. The summed E-state index contributed by atoms with van der Waals surface area (Å²) in [6, 6.07) is 16.6. The summed E-state index contributed by atoms with van der Waals surface area (Å²) in [5.74, 6) is 3.87. The number of quaternary nitrogens is 1. The Bertz CT molecular complexity index is 1260. The van der Waals surface area contributed by atoms with Crippen LogP contribution in [0.5, 0.6) is 11.5 Å². The van der Waals surface area contributed by atoms with Gasteiger partial charge in [-0.3, -0.25) is 10.6 Å². The van der Waals surface area contributed by atoms with Gasteiger partial charge >= 0.3 is 5.97 Å². The molecular formula is C25H25ClN4O4. The van der Waals surface area contributed by atoms with Crippen molar-refractivity contribution in [3.63, 3.8) is 0 Å². The molecule has 9 heteroatoms. The number of nitrogens with one attached hydrogen (secondary N) is 1. The van der Waals surface area contributed by atoms with Gasteiger partial charge in [0.2, 0.25) is 0 Å². The van der Waals surface area contributed by atoms with Gasteiger partial charge in [0.1, 0.15) is 11.5 Å². The van der Waals surface area contributed by atoms with E-state index < -0.39 is 11.6 Å². The second-order valence-corrected chi connectivity index (χ2v) is 8.59. The molecule has 3 aromatic carbocycles. The van der Waals surface area contributed by atoms with Crippen molar-refractivity contribution in [2.75, 3.05) is 38.0 Å². The summed E-state index contributed by atoms with van der Waals surface area (Å²) in [7, 11) is 7.81. The molecule has 2 aliphatic heterocycles. The molecule has 0 unspecified atom stereocenters. The van der Waals surface area contributed by atoms with Crippen LogP contribution in [0.3, 0.4) is 0 Å². The van der Waals surface area contributed by atoms with Crippen LogP contribution in [0.1, 0.15) is 37.4 Å². The van der Waals surface area contributed by atoms with Crippen LogP contribution in [0.25, 0.3) is 0 Å². The zero-order chi connectivity index (χ0) is 23.5. The minimum atomic E-state index is -1.23. The monoisotopic (exact) mass is 480 g/mol. The maximum atomic E-state index is 13.1. The van der Waals surface area contributed by atoms with Gasteiger partial charge in [0.15, 0.2) is 5.60 Å². The zero-order valence-corrected chi connectivity index (χ0v) is 20.1. The number of hydrogen-bond acceptors (Lipinski definition) is 6. The molecule has 0 saturated carbocycles. The smallest absolute Gasteiger partial charge is 0.340 e. The Kier molecular flexibility index (Phi) is 5.67. The molecule has 3 aromatic rings. The fourth-order valence-electron chi connectivity index (χ4n) is 4.50. The number of hydrogen-bond donors (Lipinski definition) is 2. The fourth-order valence-corrected chi connectivity index (χ4v) is 4.50. The van der Waals surface area contributed by atoms with Gasteiger partial charge in [0.05, 0.1) is 5.56 Å². The highest BCUT2D eigenvalue weighted by Crippen LogP contribution is 2.57. The first-order valence-electron chi connectivity index (χ1n) is 10.5. The highest BCUT2D eigenvalue weighted by atomic mass is 35.5. The van der Waals surface area contributed by atoms with Crippen LogP contribution in [0.2, 0.25) is 0 Å². The van der Waals surface area contributed by atoms with Crippen molar-refractivity contribution in [3.05, 3.63) is 82.4 Å². The third kappa shape index (κ3) is 3.26. The van der Waals surface area contributed by atoms with E-state index in [1.54, 1.807) is 18.2 Å². The molecule has 0 radical (unpaired) electrons. The number of benzene rings is 3. The van der Waals surface area contributed by atoms with Crippen LogP contribution in [0.15, 0.2) is 54.6 Å². The Morgan fingerprint density at radius 2 is 1.41 bits per heavy atom. The second-order valence-electron chi connectivity index (χ2n) is 8.59. The fraction of sp³-hybridized carbons (Fsp3) is 0.200. The maximum Gasteiger partial charge on any atom is 0.340 e. The third-order valence-corrected chi connectivity index (χ3v) is 6.23. The van der Waals surface area contributed by atoms with Gasteiger partial charge in [0, 0.05) is 74.0 Å². The molecule has 176 valence electrons. The minimum Gasteiger partial charge on any atom is -1.00 e. The summed E-state index contributed by atoms with van der Waals surface area (Å²) in [6.45, 7) is 0. The van der Waals surface area contributed by atoms with Crippen molar-refractivity contribution in [2.45, 2.75) is 5.60 Å². The molecule has 8 nitrogen and oxygen atoms in total. The Morgan fingerprint density at radius 1 is 0.853 bits per heavy atom. The molecule has 1 amide bonds. The standard InChI is InChI=1S/C25H24N4O4.ClH/c1-28(2)15-6-9-18-21(12-15)32-22-13-16(29(3)4)7-10-19(22)25(18)20-11-14(23(30)27-26)5-8-17(20)24(31)33-25;/h5-13H,26H2,1-4H3,(H,27,30);1H. The van der Waals surface area contributed by atoms with Gasteiger partial charge in [-0.1, -0.05) is 0 Å². The summed E-state index contributed by atoms with van der Waals surface area (Å²) < 4.78 is 12.5. The molecule has 2 heterocycles. The number of ether oxygens (including phenoxy) is 2. The molecule has 0 aliphatic carbocycles. The number of rotatable bonds is 3. The van der Waals surface area contributed by atoms with Crippen LogP contribution >= 0.6 is 0 Å². The number of anilines is 2. The predicted octanol–water partition coefficient (Wildman–Crippen LogP) is -0.723. The quantitative estimate of drug-likeness (QED) is 0.379. The molecule has 2 aliphatic rings. The highest BCUT2D eigenvalue weighted by Gasteiger charge is 2.53. The summed E-state index contributed by atoms with van der Waals surface area (Å²) in [5.41, 5.74) is 5.90. The van der Waals surface area contributed by atoms with E-state index in [9.17, 15) is 9.59 Å². The van der Waals surface area contributed by atoms with Crippen molar-refractivity contribution in [1.82, 2.24) is 5.43 Å². The number of halogens is 1. The second kappa shape index (κ2) is 8.23. The van der Waals surface area contributed by atoms with E-state index in [0.29, 0.717) is 39.3 Å². The third-order valence-electron chi connectivity index (χ3n) is 6.23. The van der Waals surface area contributed by atoms with Crippen LogP contribution in [-0.2, 0) is 10.3 Å². The van der Waals surface area contributed by atoms with E-state index in [4.69, 9.17) is 9.47 Å². The first-order chi connectivity index (χ1) is 15.8. The van der Waals surface area contributed by atoms with Crippen LogP contribution < -0.4 is 38.2 Å². The number of esters is 1. The zero-order valence-electron chi connectivity index (χ0n) is 19.3. The molecule has 4 N–H and O–H groups in total. The number of nitrogens with zero attached hydrogens (tertiary/aromatic N) is 2. The molecule has 0 bridgehead atoms. The van der Waals surface area contributed by atoms with Crippen LogP contribution in [0, 0.1) is 0 Å². The topological polar surface area (TPSA) is 98.8 Å². The summed E-state index contributed by atoms with van der Waals surface area (Å²) in [5, 5.41) is 0. The lowest BCUT2D eigenvalue weighted by Crippen LogP contribution is -3.00. The average Bonchev–Trinajstić information content (AvgIpc) is 3.10. The van der Waals surface area contributed by atoms with Crippen molar-refractivity contribution in [1.29, 1.82) is 0 Å². The van der Waals surface area contributed by atoms with E-state index in [-0.39, 0.29) is 18.3 Å². The highest BCUT2D eigenvalue weighted by molar-refractivity contribution is 6.00. The van der Waals surface area contributed by atoms with Gasteiger partial charge in [0.25, 0.3) is 5.91 Å². The number of carbonyl (C=O) groups is 2. The Morgan fingerprint density at radius 3 is 1.91 bits per heavy atom. The molecule has 1 spiro atoms.